The fourth-order valence-electron chi connectivity index (χ4n) is 3.05. The number of aromatic nitrogens is 2. The van der Waals surface area contributed by atoms with E-state index in [0.29, 0.717) is 0 Å². The Kier molecular flexibility index (Phi) is 3.26. The van der Waals surface area contributed by atoms with Crippen LogP contribution in [0.3, 0.4) is 0 Å². The molecule has 3 nitrogen and oxygen atoms in total. The van der Waals surface area contributed by atoms with E-state index in [-0.39, 0.29) is 0 Å². The van der Waals surface area contributed by atoms with E-state index < -0.39 is 0 Å². The zero-order valence-corrected chi connectivity index (χ0v) is 12.8. The summed E-state index contributed by atoms with van der Waals surface area (Å²) in [4.78, 5) is 12.2. The van der Waals surface area contributed by atoms with Gasteiger partial charge in [0.1, 0.15) is 5.69 Å². The predicted octanol–water partition coefficient (Wildman–Crippen LogP) is 4.21. The van der Waals surface area contributed by atoms with Crippen molar-refractivity contribution in [3.05, 3.63) is 54.1 Å². The van der Waals surface area contributed by atoms with E-state index in [1.54, 1.807) is 0 Å². The summed E-state index contributed by atoms with van der Waals surface area (Å²) in [7, 11) is 0. The maximum Gasteiger partial charge on any atom is 0.155 e. The minimum absolute atomic E-state index is 0.959. The Morgan fingerprint density at radius 2 is 1.45 bits per heavy atom. The number of aryl methyl sites for hydroxylation is 1. The Labute approximate surface area is 130 Å². The quantitative estimate of drug-likeness (QED) is 0.708. The van der Waals surface area contributed by atoms with Gasteiger partial charge in [-0.3, -0.25) is 0 Å². The molecule has 2 heterocycles. The van der Waals surface area contributed by atoms with Crippen LogP contribution in [0.2, 0.25) is 0 Å². The minimum atomic E-state index is 0.959. The van der Waals surface area contributed by atoms with Crippen LogP contribution < -0.4 is 4.90 Å². The molecule has 110 valence electrons. The number of nitrogens with zero attached hydrogens (tertiary/aromatic N) is 3. The number of fused-ring (bicyclic) bond motifs is 1. The number of rotatable bonds is 2. The molecule has 22 heavy (non-hydrogen) atoms. The summed E-state index contributed by atoms with van der Waals surface area (Å²) in [5.41, 5.74) is 5.34. The van der Waals surface area contributed by atoms with Crippen LogP contribution in [0.5, 0.6) is 0 Å². The van der Waals surface area contributed by atoms with Crippen molar-refractivity contribution < 1.29 is 0 Å². The monoisotopic (exact) mass is 289 g/mol. The van der Waals surface area contributed by atoms with Crippen molar-refractivity contribution in [2.75, 3.05) is 18.0 Å². The lowest BCUT2D eigenvalue weighted by Crippen LogP contribution is -2.20. The summed E-state index contributed by atoms with van der Waals surface area (Å²) in [6.45, 7) is 4.26. The van der Waals surface area contributed by atoms with Crippen LogP contribution in [0.25, 0.3) is 22.3 Å². The van der Waals surface area contributed by atoms with Crippen LogP contribution in [0.4, 0.5) is 5.82 Å². The van der Waals surface area contributed by atoms with Gasteiger partial charge in [-0.05, 0) is 31.9 Å². The average molecular weight is 289 g/mol. The largest absolute Gasteiger partial charge is 0.355 e. The van der Waals surface area contributed by atoms with E-state index in [4.69, 9.17) is 9.97 Å². The third-order valence-electron chi connectivity index (χ3n) is 4.28. The Balaban J connectivity index is 1.93. The highest BCUT2D eigenvalue weighted by Gasteiger charge is 2.20. The SMILES string of the molecule is Cc1ccc(-c2nc3ccccc3nc2N2CCCC2)cc1. The molecule has 0 amide bonds. The second kappa shape index (κ2) is 5.41. The van der Waals surface area contributed by atoms with Crippen molar-refractivity contribution in [2.45, 2.75) is 19.8 Å². The van der Waals surface area contributed by atoms with E-state index >= 15 is 0 Å². The van der Waals surface area contributed by atoms with Gasteiger partial charge in [0.15, 0.2) is 5.82 Å². The van der Waals surface area contributed by atoms with Crippen LogP contribution in [-0.2, 0) is 0 Å². The summed E-state index contributed by atoms with van der Waals surface area (Å²) in [6.07, 6.45) is 2.48. The molecule has 0 N–H and O–H groups in total. The zero-order chi connectivity index (χ0) is 14.9. The summed E-state index contributed by atoms with van der Waals surface area (Å²) in [5.74, 6) is 1.03. The molecule has 1 fully saturated rings. The van der Waals surface area contributed by atoms with Gasteiger partial charge in [0, 0.05) is 18.7 Å². The standard InChI is InChI=1S/C19H19N3/c1-14-8-10-15(11-9-14)18-19(22-12-4-5-13-22)21-17-7-3-2-6-16(17)20-18/h2-3,6-11H,4-5,12-13H2,1H3. The Morgan fingerprint density at radius 1 is 0.818 bits per heavy atom. The molecule has 1 aliphatic heterocycles. The van der Waals surface area contributed by atoms with Gasteiger partial charge in [-0.1, -0.05) is 42.0 Å². The molecule has 0 bridgehead atoms. The molecular weight excluding hydrogens is 270 g/mol. The molecule has 3 heteroatoms. The first-order valence-corrected chi connectivity index (χ1v) is 7.90. The zero-order valence-electron chi connectivity index (χ0n) is 12.8. The Bertz CT molecular complexity index is 803. The maximum atomic E-state index is 4.92. The van der Waals surface area contributed by atoms with Gasteiger partial charge in [-0.2, -0.15) is 0 Å². The summed E-state index contributed by atoms with van der Waals surface area (Å²) >= 11 is 0. The topological polar surface area (TPSA) is 29.0 Å². The number of benzene rings is 2. The fourth-order valence-corrected chi connectivity index (χ4v) is 3.05. The van der Waals surface area contributed by atoms with Gasteiger partial charge in [0.05, 0.1) is 11.0 Å². The summed E-state index contributed by atoms with van der Waals surface area (Å²) in [5, 5.41) is 0. The second-order valence-corrected chi connectivity index (χ2v) is 5.94. The van der Waals surface area contributed by atoms with Crippen LogP contribution >= 0.6 is 0 Å². The van der Waals surface area contributed by atoms with E-state index in [2.05, 4.69) is 36.1 Å². The van der Waals surface area contributed by atoms with Crippen LogP contribution in [-0.4, -0.2) is 23.1 Å². The molecule has 0 radical (unpaired) electrons. The molecule has 0 atom stereocenters. The molecule has 0 unspecified atom stereocenters. The summed E-state index contributed by atoms with van der Waals surface area (Å²) < 4.78 is 0. The lowest BCUT2D eigenvalue weighted by atomic mass is 10.1. The van der Waals surface area contributed by atoms with Gasteiger partial charge < -0.3 is 4.90 Å². The van der Waals surface area contributed by atoms with Crippen LogP contribution in [0.1, 0.15) is 18.4 Å². The van der Waals surface area contributed by atoms with E-state index in [0.717, 1.165) is 41.2 Å². The molecule has 1 aromatic heterocycles. The van der Waals surface area contributed by atoms with Crippen LogP contribution in [0.15, 0.2) is 48.5 Å². The maximum absolute atomic E-state index is 4.92. The lowest BCUT2D eigenvalue weighted by molar-refractivity contribution is 0.939. The van der Waals surface area contributed by atoms with Crippen molar-refractivity contribution in [1.82, 2.24) is 9.97 Å². The van der Waals surface area contributed by atoms with Gasteiger partial charge in [0.25, 0.3) is 0 Å². The summed E-state index contributed by atoms with van der Waals surface area (Å²) in [6, 6.07) is 16.7. The molecule has 0 saturated carbocycles. The normalized spacial score (nSPS) is 14.7. The molecule has 1 saturated heterocycles. The average Bonchev–Trinajstić information content (AvgIpc) is 3.09. The van der Waals surface area contributed by atoms with Gasteiger partial charge in [-0.15, -0.1) is 0 Å². The molecule has 3 aromatic rings. The first-order chi connectivity index (χ1) is 10.8. The highest BCUT2D eigenvalue weighted by molar-refractivity contribution is 5.83. The number of para-hydroxylation sites is 2. The first kappa shape index (κ1) is 13.3. The third-order valence-corrected chi connectivity index (χ3v) is 4.28. The Morgan fingerprint density at radius 3 is 2.14 bits per heavy atom. The van der Waals surface area contributed by atoms with E-state index in [1.807, 2.05) is 24.3 Å². The first-order valence-electron chi connectivity index (χ1n) is 7.90. The highest BCUT2D eigenvalue weighted by atomic mass is 15.2. The molecule has 1 aliphatic rings. The minimum Gasteiger partial charge on any atom is -0.355 e. The fraction of sp³-hybridized carbons (Fsp3) is 0.263. The molecule has 0 spiro atoms. The smallest absolute Gasteiger partial charge is 0.155 e. The van der Waals surface area contributed by atoms with Crippen molar-refractivity contribution in [3.8, 4) is 11.3 Å². The van der Waals surface area contributed by atoms with Gasteiger partial charge in [-0.25, -0.2) is 9.97 Å². The predicted molar refractivity (Wildman–Crippen MR) is 91.2 cm³/mol. The van der Waals surface area contributed by atoms with E-state index in [1.165, 1.54) is 18.4 Å². The molecule has 4 rings (SSSR count). The third kappa shape index (κ3) is 2.33. The molecular formula is C19H19N3. The van der Waals surface area contributed by atoms with Gasteiger partial charge in [0.2, 0.25) is 0 Å². The van der Waals surface area contributed by atoms with Gasteiger partial charge >= 0.3 is 0 Å². The second-order valence-electron chi connectivity index (χ2n) is 5.94. The van der Waals surface area contributed by atoms with Crippen molar-refractivity contribution in [3.63, 3.8) is 0 Å². The van der Waals surface area contributed by atoms with E-state index in [9.17, 15) is 0 Å². The highest BCUT2D eigenvalue weighted by Crippen LogP contribution is 2.31. The number of anilines is 1. The van der Waals surface area contributed by atoms with Crippen molar-refractivity contribution in [2.24, 2.45) is 0 Å². The number of hydrogen-bond donors (Lipinski definition) is 0. The van der Waals surface area contributed by atoms with Crippen molar-refractivity contribution in [1.29, 1.82) is 0 Å². The van der Waals surface area contributed by atoms with Crippen LogP contribution in [0, 0.1) is 6.92 Å². The number of hydrogen-bond acceptors (Lipinski definition) is 3. The Hall–Kier alpha value is -2.42. The molecule has 0 aliphatic carbocycles. The molecule has 2 aromatic carbocycles. The lowest BCUT2D eigenvalue weighted by Gasteiger charge is -2.20. The van der Waals surface area contributed by atoms with Crippen molar-refractivity contribution >= 4 is 16.9 Å².